The predicted molar refractivity (Wildman–Crippen MR) is 61.6 cm³/mol. The summed E-state index contributed by atoms with van der Waals surface area (Å²) in [5.41, 5.74) is -0.910. The summed E-state index contributed by atoms with van der Waals surface area (Å²) in [7, 11) is 1.31. The largest absolute Gasteiger partial charge is 0.463 e. The van der Waals surface area contributed by atoms with E-state index in [1.54, 1.807) is 12.1 Å². The van der Waals surface area contributed by atoms with Crippen molar-refractivity contribution in [1.82, 2.24) is 0 Å². The normalized spacial score (nSPS) is 28.3. The number of methoxy groups -OCH3 is 1. The number of aliphatic hydroxyl groups is 1. The first-order chi connectivity index (χ1) is 8.09. The summed E-state index contributed by atoms with van der Waals surface area (Å²) >= 11 is 0. The number of furan rings is 1. The lowest BCUT2D eigenvalue weighted by Crippen LogP contribution is -2.20. The van der Waals surface area contributed by atoms with Crippen LogP contribution in [0.2, 0.25) is 0 Å². The number of carbonyl (C=O) groups is 1. The Morgan fingerprint density at radius 3 is 3.00 bits per heavy atom. The van der Waals surface area contributed by atoms with E-state index in [0.29, 0.717) is 24.5 Å². The van der Waals surface area contributed by atoms with Gasteiger partial charge in [-0.25, -0.2) is 4.79 Å². The van der Waals surface area contributed by atoms with Crippen LogP contribution >= 0.6 is 0 Å². The Balaban J connectivity index is 2.17. The Labute approximate surface area is 101 Å². The first-order valence-corrected chi connectivity index (χ1v) is 6.00. The molecule has 1 saturated carbocycles. The highest BCUT2D eigenvalue weighted by Gasteiger charge is 2.40. The average Bonchev–Trinajstić information content (AvgIpc) is 2.95. The average molecular weight is 238 g/mol. The summed E-state index contributed by atoms with van der Waals surface area (Å²) in [4.78, 5) is 11.3. The van der Waals surface area contributed by atoms with Crippen molar-refractivity contribution in [1.29, 1.82) is 0 Å². The van der Waals surface area contributed by atoms with Gasteiger partial charge in [-0.15, -0.1) is 0 Å². The number of esters is 1. The van der Waals surface area contributed by atoms with E-state index in [0.717, 1.165) is 12.8 Å². The second-order valence-electron chi connectivity index (χ2n) is 4.70. The molecule has 0 radical (unpaired) electrons. The molecule has 0 aromatic carbocycles. The number of rotatable bonds is 3. The summed E-state index contributed by atoms with van der Waals surface area (Å²) in [5.74, 6) is 0.654. The molecular formula is C13H18O4. The molecule has 0 aliphatic heterocycles. The van der Waals surface area contributed by atoms with E-state index in [-0.39, 0.29) is 5.76 Å². The third kappa shape index (κ3) is 2.22. The van der Waals surface area contributed by atoms with Crippen LogP contribution in [-0.4, -0.2) is 18.2 Å². The molecule has 1 aliphatic carbocycles. The number of ether oxygens (including phenoxy) is 1. The lowest BCUT2D eigenvalue weighted by Gasteiger charge is -2.19. The van der Waals surface area contributed by atoms with Gasteiger partial charge < -0.3 is 14.3 Å². The van der Waals surface area contributed by atoms with E-state index >= 15 is 0 Å². The molecule has 0 bridgehead atoms. The molecule has 1 aliphatic rings. The van der Waals surface area contributed by atoms with Crippen LogP contribution < -0.4 is 0 Å². The van der Waals surface area contributed by atoms with E-state index in [2.05, 4.69) is 11.7 Å². The minimum atomic E-state index is -0.910. The zero-order valence-corrected chi connectivity index (χ0v) is 10.2. The highest BCUT2D eigenvalue weighted by Crippen LogP contribution is 2.43. The molecular weight excluding hydrogens is 220 g/mol. The maximum atomic E-state index is 11.3. The van der Waals surface area contributed by atoms with Gasteiger partial charge in [0.05, 0.1) is 7.11 Å². The van der Waals surface area contributed by atoms with Crippen molar-refractivity contribution < 1.29 is 19.1 Å². The van der Waals surface area contributed by atoms with E-state index in [1.807, 2.05) is 0 Å². The van der Waals surface area contributed by atoms with Crippen LogP contribution in [0.15, 0.2) is 16.5 Å². The first-order valence-electron chi connectivity index (χ1n) is 6.00. The zero-order chi connectivity index (χ0) is 12.5. The van der Waals surface area contributed by atoms with Crippen LogP contribution in [0.3, 0.4) is 0 Å². The van der Waals surface area contributed by atoms with E-state index in [4.69, 9.17) is 4.42 Å². The molecule has 17 heavy (non-hydrogen) atoms. The quantitative estimate of drug-likeness (QED) is 0.822. The van der Waals surface area contributed by atoms with Gasteiger partial charge in [-0.3, -0.25) is 0 Å². The third-order valence-corrected chi connectivity index (χ3v) is 3.62. The Kier molecular flexibility index (Phi) is 3.24. The Morgan fingerprint density at radius 2 is 2.41 bits per heavy atom. The predicted octanol–water partition coefficient (Wildman–Crippen LogP) is 2.46. The van der Waals surface area contributed by atoms with Gasteiger partial charge >= 0.3 is 5.97 Å². The second-order valence-corrected chi connectivity index (χ2v) is 4.70. The number of hydrogen-bond acceptors (Lipinski definition) is 4. The third-order valence-electron chi connectivity index (χ3n) is 3.62. The minimum absolute atomic E-state index is 0.149. The molecule has 4 heteroatoms. The van der Waals surface area contributed by atoms with Gasteiger partial charge in [0.25, 0.3) is 0 Å². The van der Waals surface area contributed by atoms with Gasteiger partial charge in [0.15, 0.2) is 0 Å². The highest BCUT2D eigenvalue weighted by molar-refractivity contribution is 5.86. The molecule has 0 amide bonds. The molecule has 2 atom stereocenters. The van der Waals surface area contributed by atoms with Crippen LogP contribution in [0.25, 0.3) is 0 Å². The number of hydrogen-bond donors (Lipinski definition) is 1. The lowest BCUT2D eigenvalue weighted by atomic mass is 9.96. The highest BCUT2D eigenvalue weighted by atomic mass is 16.5. The Hall–Kier alpha value is -1.29. The molecule has 0 saturated heterocycles. The van der Waals surface area contributed by atoms with Crippen LogP contribution in [0.4, 0.5) is 0 Å². The maximum Gasteiger partial charge on any atom is 0.373 e. The summed E-state index contributed by atoms with van der Waals surface area (Å²) in [6.07, 6.45) is 3.46. The van der Waals surface area contributed by atoms with Gasteiger partial charge in [0.2, 0.25) is 5.76 Å². The molecule has 1 aromatic heterocycles. The fourth-order valence-electron chi connectivity index (χ4n) is 2.50. The smallest absolute Gasteiger partial charge is 0.373 e. The topological polar surface area (TPSA) is 59.7 Å². The summed E-state index contributed by atoms with van der Waals surface area (Å²) in [6.45, 7) is 2.12. The lowest BCUT2D eigenvalue weighted by molar-refractivity contribution is 0.0154. The van der Waals surface area contributed by atoms with Crippen molar-refractivity contribution in [2.75, 3.05) is 7.11 Å². The zero-order valence-electron chi connectivity index (χ0n) is 10.2. The van der Waals surface area contributed by atoms with Crippen molar-refractivity contribution >= 4 is 5.97 Å². The summed E-state index contributed by atoms with van der Waals surface area (Å²) < 4.78 is 9.96. The standard InChI is InChI=1S/C13H18O4/c1-3-9-6-7-13(15,8-9)11-5-4-10(17-11)12(14)16-2/h4-5,9,15H,3,6-8H2,1-2H3. The van der Waals surface area contributed by atoms with Crippen molar-refractivity contribution in [3.05, 3.63) is 23.7 Å². The van der Waals surface area contributed by atoms with Crippen molar-refractivity contribution in [2.45, 2.75) is 38.2 Å². The summed E-state index contributed by atoms with van der Waals surface area (Å²) in [6, 6.07) is 3.22. The molecule has 2 unspecified atom stereocenters. The van der Waals surface area contributed by atoms with E-state index in [1.165, 1.54) is 7.11 Å². The van der Waals surface area contributed by atoms with E-state index < -0.39 is 11.6 Å². The SMILES string of the molecule is CCC1CCC(O)(c2ccc(C(=O)OC)o2)C1. The Morgan fingerprint density at radius 1 is 1.65 bits per heavy atom. The van der Waals surface area contributed by atoms with Crippen LogP contribution in [-0.2, 0) is 10.3 Å². The molecule has 1 aromatic rings. The second kappa shape index (κ2) is 4.53. The molecule has 0 spiro atoms. The first kappa shape index (κ1) is 12.2. The fraction of sp³-hybridized carbons (Fsp3) is 0.615. The van der Waals surface area contributed by atoms with Gasteiger partial charge in [-0.1, -0.05) is 13.3 Å². The van der Waals surface area contributed by atoms with Crippen molar-refractivity contribution in [3.63, 3.8) is 0 Å². The van der Waals surface area contributed by atoms with Gasteiger partial charge in [-0.2, -0.15) is 0 Å². The minimum Gasteiger partial charge on any atom is -0.463 e. The van der Waals surface area contributed by atoms with E-state index in [9.17, 15) is 9.90 Å². The summed E-state index contributed by atoms with van der Waals surface area (Å²) in [5, 5.41) is 10.5. The Bertz CT molecular complexity index is 409. The van der Waals surface area contributed by atoms with Gasteiger partial charge in [-0.05, 0) is 37.3 Å². The molecule has 1 N–H and O–H groups in total. The molecule has 2 rings (SSSR count). The molecule has 1 fully saturated rings. The molecule has 4 nitrogen and oxygen atoms in total. The molecule has 1 heterocycles. The number of carbonyl (C=O) groups excluding carboxylic acids is 1. The van der Waals surface area contributed by atoms with Gasteiger partial charge in [0, 0.05) is 0 Å². The van der Waals surface area contributed by atoms with Crippen molar-refractivity contribution in [2.24, 2.45) is 5.92 Å². The van der Waals surface area contributed by atoms with Crippen LogP contribution in [0.5, 0.6) is 0 Å². The van der Waals surface area contributed by atoms with Crippen molar-refractivity contribution in [3.8, 4) is 0 Å². The maximum absolute atomic E-state index is 11.3. The molecule has 94 valence electrons. The van der Waals surface area contributed by atoms with Crippen LogP contribution in [0.1, 0.15) is 48.9 Å². The fourth-order valence-corrected chi connectivity index (χ4v) is 2.50. The van der Waals surface area contributed by atoms with Crippen LogP contribution in [0, 0.1) is 5.92 Å². The van der Waals surface area contributed by atoms with Gasteiger partial charge in [0.1, 0.15) is 11.4 Å². The monoisotopic (exact) mass is 238 g/mol.